The van der Waals surface area contributed by atoms with Crippen LogP contribution < -0.4 is 0 Å². The molecule has 0 saturated carbocycles. The Labute approximate surface area is 470 Å². The van der Waals surface area contributed by atoms with Gasteiger partial charge in [0.2, 0.25) is 0 Å². The van der Waals surface area contributed by atoms with E-state index < -0.39 is 6.10 Å². The molecule has 0 amide bonds. The van der Waals surface area contributed by atoms with Gasteiger partial charge in [0.25, 0.3) is 0 Å². The molecule has 0 bridgehead atoms. The van der Waals surface area contributed by atoms with Crippen LogP contribution in [0, 0.1) is 0 Å². The molecule has 0 radical (unpaired) electrons. The summed E-state index contributed by atoms with van der Waals surface area (Å²) in [5, 5.41) is 0. The number of hydrogen-bond donors (Lipinski definition) is 0. The van der Waals surface area contributed by atoms with Crippen molar-refractivity contribution >= 4 is 17.9 Å². The highest BCUT2D eigenvalue weighted by molar-refractivity contribution is 5.71. The van der Waals surface area contributed by atoms with Gasteiger partial charge in [0.15, 0.2) is 6.10 Å². The molecule has 434 valence electrons. The highest BCUT2D eigenvalue weighted by Crippen LogP contribution is 2.16. The van der Waals surface area contributed by atoms with Crippen LogP contribution in [0.1, 0.15) is 297 Å². The molecule has 0 aliphatic heterocycles. The van der Waals surface area contributed by atoms with Crippen LogP contribution in [-0.2, 0) is 28.6 Å². The van der Waals surface area contributed by atoms with Crippen LogP contribution in [-0.4, -0.2) is 37.2 Å². The number of carbonyl (C=O) groups is 3. The average Bonchev–Trinajstić information content (AvgIpc) is 3.42. The largest absolute Gasteiger partial charge is 0.462 e. The van der Waals surface area contributed by atoms with E-state index in [1.54, 1.807) is 0 Å². The summed E-state index contributed by atoms with van der Waals surface area (Å²) in [4.78, 5) is 38.3. The standard InChI is InChI=1S/C70H118O6/c1-4-7-10-13-16-19-22-25-28-30-32-34-35-37-38-40-42-45-48-51-54-57-60-63-69(72)75-66-67(65-74-68(71)62-59-56-53-50-47-44-27-24-21-18-15-12-9-6-3)76-70(73)64-61-58-55-52-49-46-43-41-39-36-33-31-29-26-23-20-17-14-11-8-5-2/h7,10,16,19,23,25-26,28,31-34,37-39,41-42,45,67H,4-6,8-9,11-15,17-18,20-22,24,27,29-30,35-36,40,43-44,46-66H2,1-3H3/b10-7-,19-16-,26-23-,28-25-,33-31-,34-32-,38-37-,41-39-,45-42-. The molecular formula is C70H118O6. The van der Waals surface area contributed by atoms with Gasteiger partial charge in [-0.3, -0.25) is 14.4 Å². The van der Waals surface area contributed by atoms with Crippen molar-refractivity contribution in [2.24, 2.45) is 0 Å². The number of esters is 3. The van der Waals surface area contributed by atoms with E-state index in [0.29, 0.717) is 19.3 Å². The summed E-state index contributed by atoms with van der Waals surface area (Å²) >= 11 is 0. The predicted octanol–water partition coefficient (Wildman–Crippen LogP) is 21.8. The van der Waals surface area contributed by atoms with E-state index in [2.05, 4.69) is 130 Å². The highest BCUT2D eigenvalue weighted by atomic mass is 16.6. The SMILES string of the molecule is CC/C=C\C/C=C\C/C=C\C/C=C\C/C=C\C/C=C\CCCCCCC(=O)OCC(COC(=O)CCCCCCCCCCCCCCCC)OC(=O)CCCCCCCC/C=C\C/C=C\C/C=C\CCCCCCC. The molecule has 1 atom stereocenters. The third-order valence-corrected chi connectivity index (χ3v) is 13.5. The second kappa shape index (κ2) is 63.6. The van der Waals surface area contributed by atoms with Crippen molar-refractivity contribution in [1.82, 2.24) is 0 Å². The van der Waals surface area contributed by atoms with Gasteiger partial charge in [-0.1, -0.05) is 278 Å². The maximum absolute atomic E-state index is 12.9. The first-order valence-corrected chi connectivity index (χ1v) is 31.9. The third-order valence-electron chi connectivity index (χ3n) is 13.5. The Morgan fingerprint density at radius 3 is 0.803 bits per heavy atom. The van der Waals surface area contributed by atoms with Crippen LogP contribution in [0.2, 0.25) is 0 Å². The van der Waals surface area contributed by atoms with E-state index in [9.17, 15) is 14.4 Å². The molecule has 76 heavy (non-hydrogen) atoms. The lowest BCUT2D eigenvalue weighted by Crippen LogP contribution is -2.30. The minimum Gasteiger partial charge on any atom is -0.462 e. The summed E-state index contributed by atoms with van der Waals surface area (Å²) in [5.74, 6) is -0.922. The lowest BCUT2D eigenvalue weighted by molar-refractivity contribution is -0.167. The Morgan fingerprint density at radius 2 is 0.513 bits per heavy atom. The molecule has 1 unspecified atom stereocenters. The minimum absolute atomic E-state index is 0.0908. The van der Waals surface area contributed by atoms with Crippen LogP contribution in [0.15, 0.2) is 109 Å². The van der Waals surface area contributed by atoms with Crippen LogP contribution in [0.3, 0.4) is 0 Å². The van der Waals surface area contributed by atoms with Crippen LogP contribution in [0.5, 0.6) is 0 Å². The summed E-state index contributed by atoms with van der Waals surface area (Å²) in [7, 11) is 0. The molecule has 0 spiro atoms. The number of rotatable bonds is 57. The first-order chi connectivity index (χ1) is 37.5. The van der Waals surface area contributed by atoms with Crippen molar-refractivity contribution in [2.45, 2.75) is 303 Å². The topological polar surface area (TPSA) is 78.9 Å². The number of unbranched alkanes of at least 4 members (excludes halogenated alkanes) is 28. The van der Waals surface area contributed by atoms with Gasteiger partial charge in [0, 0.05) is 19.3 Å². The molecule has 0 aliphatic carbocycles. The van der Waals surface area contributed by atoms with Gasteiger partial charge in [-0.05, 0) is 109 Å². The van der Waals surface area contributed by atoms with Gasteiger partial charge >= 0.3 is 17.9 Å². The zero-order valence-electron chi connectivity index (χ0n) is 49.7. The van der Waals surface area contributed by atoms with Gasteiger partial charge < -0.3 is 14.2 Å². The number of carbonyl (C=O) groups excluding carboxylic acids is 3. The molecule has 0 N–H and O–H groups in total. The highest BCUT2D eigenvalue weighted by Gasteiger charge is 2.19. The Bertz CT molecular complexity index is 1540. The summed E-state index contributed by atoms with van der Waals surface area (Å²) in [6.07, 6.45) is 86.5. The molecule has 6 heteroatoms. The summed E-state index contributed by atoms with van der Waals surface area (Å²) in [6.45, 7) is 6.50. The van der Waals surface area contributed by atoms with Crippen molar-refractivity contribution in [2.75, 3.05) is 13.2 Å². The van der Waals surface area contributed by atoms with Crippen molar-refractivity contribution < 1.29 is 28.6 Å². The van der Waals surface area contributed by atoms with Crippen molar-refractivity contribution in [3.05, 3.63) is 109 Å². The number of allylic oxidation sites excluding steroid dienone is 18. The zero-order chi connectivity index (χ0) is 55.0. The van der Waals surface area contributed by atoms with Crippen LogP contribution in [0.25, 0.3) is 0 Å². The van der Waals surface area contributed by atoms with Gasteiger partial charge in [0.1, 0.15) is 13.2 Å². The van der Waals surface area contributed by atoms with Crippen molar-refractivity contribution in [3.63, 3.8) is 0 Å². The minimum atomic E-state index is -0.798. The lowest BCUT2D eigenvalue weighted by Gasteiger charge is -2.18. The summed E-state index contributed by atoms with van der Waals surface area (Å²) in [5.41, 5.74) is 0. The van der Waals surface area contributed by atoms with Crippen LogP contribution in [0.4, 0.5) is 0 Å². The fourth-order valence-corrected chi connectivity index (χ4v) is 8.75. The van der Waals surface area contributed by atoms with Crippen LogP contribution >= 0.6 is 0 Å². The fourth-order valence-electron chi connectivity index (χ4n) is 8.75. The van der Waals surface area contributed by atoms with Crippen molar-refractivity contribution in [1.29, 1.82) is 0 Å². The van der Waals surface area contributed by atoms with Gasteiger partial charge in [-0.15, -0.1) is 0 Å². The van der Waals surface area contributed by atoms with E-state index in [-0.39, 0.29) is 31.1 Å². The van der Waals surface area contributed by atoms with E-state index in [4.69, 9.17) is 14.2 Å². The van der Waals surface area contributed by atoms with E-state index in [1.165, 1.54) is 122 Å². The lowest BCUT2D eigenvalue weighted by atomic mass is 10.0. The Balaban J connectivity index is 4.45. The molecule has 0 fully saturated rings. The average molecular weight is 1060 g/mol. The molecule has 0 aromatic rings. The Morgan fingerprint density at radius 1 is 0.276 bits per heavy atom. The normalized spacial score (nSPS) is 12.8. The molecular weight excluding hydrogens is 937 g/mol. The Hall–Kier alpha value is -3.93. The fraction of sp³-hybridized carbons (Fsp3) is 0.700. The monoisotopic (exact) mass is 1050 g/mol. The molecule has 0 rings (SSSR count). The Kier molecular flexibility index (Phi) is 60.3. The first kappa shape index (κ1) is 72.1. The van der Waals surface area contributed by atoms with E-state index >= 15 is 0 Å². The second-order valence-corrected chi connectivity index (χ2v) is 20.9. The molecule has 0 saturated heterocycles. The predicted molar refractivity (Wildman–Crippen MR) is 330 cm³/mol. The third kappa shape index (κ3) is 60.9. The first-order valence-electron chi connectivity index (χ1n) is 31.9. The van der Waals surface area contributed by atoms with E-state index in [1.807, 2.05) is 0 Å². The molecule has 0 heterocycles. The quantitative estimate of drug-likeness (QED) is 0.0261. The maximum atomic E-state index is 12.9. The van der Waals surface area contributed by atoms with Gasteiger partial charge in [0.05, 0.1) is 0 Å². The number of ether oxygens (including phenoxy) is 3. The van der Waals surface area contributed by atoms with Crippen molar-refractivity contribution in [3.8, 4) is 0 Å². The van der Waals surface area contributed by atoms with Gasteiger partial charge in [-0.25, -0.2) is 0 Å². The summed E-state index contributed by atoms with van der Waals surface area (Å²) < 4.78 is 16.9. The van der Waals surface area contributed by atoms with E-state index in [0.717, 1.165) is 135 Å². The van der Waals surface area contributed by atoms with Gasteiger partial charge in [-0.2, -0.15) is 0 Å². The maximum Gasteiger partial charge on any atom is 0.306 e. The molecule has 0 aromatic carbocycles. The zero-order valence-corrected chi connectivity index (χ0v) is 49.7. The number of hydrogen-bond acceptors (Lipinski definition) is 6. The smallest absolute Gasteiger partial charge is 0.306 e. The summed E-state index contributed by atoms with van der Waals surface area (Å²) in [6, 6.07) is 0. The molecule has 6 nitrogen and oxygen atoms in total. The molecule has 0 aromatic heterocycles. The molecule has 0 aliphatic rings. The second-order valence-electron chi connectivity index (χ2n) is 20.9.